The molecule has 2 aliphatic rings. The molecule has 1 aromatic heterocycles. The number of amides is 2. The molecule has 0 unspecified atom stereocenters. The summed E-state index contributed by atoms with van der Waals surface area (Å²) in [6.45, 7) is 4.38. The van der Waals surface area contributed by atoms with Gasteiger partial charge in [0, 0.05) is 36.0 Å². The second-order valence-corrected chi connectivity index (χ2v) is 11.1. The lowest BCUT2D eigenvalue weighted by Gasteiger charge is -2.48. The summed E-state index contributed by atoms with van der Waals surface area (Å²) in [7, 11) is 0. The highest BCUT2D eigenvalue weighted by molar-refractivity contribution is 7.98. The lowest BCUT2D eigenvalue weighted by Crippen LogP contribution is -2.58. The van der Waals surface area contributed by atoms with Gasteiger partial charge in [0.25, 0.3) is 5.91 Å². The van der Waals surface area contributed by atoms with Crippen molar-refractivity contribution >= 4 is 34.5 Å². The van der Waals surface area contributed by atoms with Gasteiger partial charge in [-0.05, 0) is 69.2 Å². The molecule has 2 N–H and O–H groups in total. The largest absolute Gasteiger partial charge is 0.484 e. The summed E-state index contributed by atoms with van der Waals surface area (Å²) in [5.41, 5.74) is 0.775. The SMILES string of the molecule is CSCC[C@H](NC(=O)COc1ccc2c(C)c(C)c(=O)oc2c1)C(=O)N1CC[C@]2(O)CCCC[C@@H]2C1. The zero-order valence-corrected chi connectivity index (χ0v) is 22.1. The average molecular weight is 517 g/mol. The van der Waals surface area contributed by atoms with Gasteiger partial charge >= 0.3 is 5.63 Å². The maximum absolute atomic E-state index is 13.4. The van der Waals surface area contributed by atoms with Gasteiger partial charge in [-0.25, -0.2) is 4.79 Å². The molecule has 0 spiro atoms. The average Bonchev–Trinajstić information content (AvgIpc) is 2.87. The lowest BCUT2D eigenvalue weighted by molar-refractivity contribution is -0.147. The molecule has 1 aliphatic carbocycles. The van der Waals surface area contributed by atoms with Crippen molar-refractivity contribution < 1.29 is 23.8 Å². The molecular formula is C27H36N2O6S. The van der Waals surface area contributed by atoms with E-state index in [0.29, 0.717) is 42.8 Å². The minimum atomic E-state index is -0.656. The quantitative estimate of drug-likeness (QED) is 0.519. The molecule has 1 saturated heterocycles. The molecule has 9 heteroatoms. The number of nitrogens with zero attached hydrogens (tertiary/aromatic N) is 1. The number of rotatable bonds is 8. The maximum Gasteiger partial charge on any atom is 0.339 e. The van der Waals surface area contributed by atoms with Crippen molar-refractivity contribution in [2.24, 2.45) is 5.92 Å². The van der Waals surface area contributed by atoms with E-state index in [1.807, 2.05) is 18.1 Å². The van der Waals surface area contributed by atoms with Crippen LogP contribution in [0.15, 0.2) is 27.4 Å². The molecule has 2 fully saturated rings. The van der Waals surface area contributed by atoms with Gasteiger partial charge in [-0.2, -0.15) is 11.8 Å². The van der Waals surface area contributed by atoms with Gasteiger partial charge in [0.1, 0.15) is 17.4 Å². The predicted molar refractivity (Wildman–Crippen MR) is 140 cm³/mol. The third-order valence-corrected chi connectivity index (χ3v) is 8.43. The van der Waals surface area contributed by atoms with Gasteiger partial charge in [0.2, 0.25) is 5.91 Å². The van der Waals surface area contributed by atoms with Crippen LogP contribution in [0, 0.1) is 19.8 Å². The smallest absolute Gasteiger partial charge is 0.339 e. The summed E-state index contributed by atoms with van der Waals surface area (Å²) in [4.78, 5) is 39.9. The molecule has 196 valence electrons. The van der Waals surface area contributed by atoms with Gasteiger partial charge in [-0.3, -0.25) is 9.59 Å². The first-order valence-electron chi connectivity index (χ1n) is 12.7. The fourth-order valence-corrected chi connectivity index (χ4v) is 5.86. The van der Waals surface area contributed by atoms with Crippen molar-refractivity contribution in [3.05, 3.63) is 39.7 Å². The Morgan fingerprint density at radius 1 is 1.28 bits per heavy atom. The Balaban J connectivity index is 1.38. The maximum atomic E-state index is 13.4. The number of carbonyl (C=O) groups is 2. The van der Waals surface area contributed by atoms with E-state index in [0.717, 1.165) is 42.4 Å². The standard InChI is InChI=1S/C27H36N2O6S/c1-17-18(2)26(32)35-23-14-20(7-8-21(17)23)34-16-24(30)28-22(9-13-36-3)25(31)29-12-11-27(33)10-5-4-6-19(27)15-29/h7-8,14,19,22,33H,4-6,9-13,15-16H2,1-3H3,(H,28,30)/t19-,22+,27-/m1/s1. The third-order valence-electron chi connectivity index (χ3n) is 7.78. The van der Waals surface area contributed by atoms with Crippen LogP contribution >= 0.6 is 11.8 Å². The van der Waals surface area contributed by atoms with Gasteiger partial charge in [-0.15, -0.1) is 0 Å². The van der Waals surface area contributed by atoms with E-state index in [-0.39, 0.29) is 24.3 Å². The Morgan fingerprint density at radius 3 is 2.86 bits per heavy atom. The Kier molecular flexibility index (Phi) is 8.30. The van der Waals surface area contributed by atoms with Gasteiger partial charge < -0.3 is 24.5 Å². The number of piperidine rings is 1. The Hall–Kier alpha value is -2.52. The van der Waals surface area contributed by atoms with Crippen molar-refractivity contribution in [3.8, 4) is 5.75 Å². The van der Waals surface area contributed by atoms with Crippen LogP contribution in [0.5, 0.6) is 5.75 Å². The van der Waals surface area contributed by atoms with Crippen LogP contribution in [-0.4, -0.2) is 65.2 Å². The molecule has 0 radical (unpaired) electrons. The van der Waals surface area contributed by atoms with Crippen molar-refractivity contribution in [3.63, 3.8) is 0 Å². The number of hydrogen-bond donors (Lipinski definition) is 2. The summed E-state index contributed by atoms with van der Waals surface area (Å²) in [6, 6.07) is 4.51. The number of thioether (sulfide) groups is 1. The molecule has 3 atom stereocenters. The van der Waals surface area contributed by atoms with E-state index in [1.165, 1.54) is 0 Å². The number of likely N-dealkylation sites (tertiary alicyclic amines) is 1. The van der Waals surface area contributed by atoms with E-state index in [2.05, 4.69) is 5.32 Å². The van der Waals surface area contributed by atoms with Crippen LogP contribution in [0.3, 0.4) is 0 Å². The lowest BCUT2D eigenvalue weighted by atomic mass is 9.71. The van der Waals surface area contributed by atoms with Crippen LogP contribution in [0.4, 0.5) is 0 Å². The topological polar surface area (TPSA) is 109 Å². The van der Waals surface area contributed by atoms with E-state index in [4.69, 9.17) is 9.15 Å². The number of fused-ring (bicyclic) bond motifs is 2. The first-order valence-corrected chi connectivity index (χ1v) is 14.1. The van der Waals surface area contributed by atoms with Crippen molar-refractivity contribution in [1.29, 1.82) is 0 Å². The van der Waals surface area contributed by atoms with Crippen LogP contribution in [-0.2, 0) is 9.59 Å². The molecule has 8 nitrogen and oxygen atoms in total. The van der Waals surface area contributed by atoms with Gasteiger partial charge in [-0.1, -0.05) is 12.8 Å². The van der Waals surface area contributed by atoms with E-state index < -0.39 is 17.3 Å². The van der Waals surface area contributed by atoms with Crippen molar-refractivity contribution in [1.82, 2.24) is 10.2 Å². The molecule has 1 aliphatic heterocycles. The minimum absolute atomic E-state index is 0.0941. The highest BCUT2D eigenvalue weighted by atomic mass is 32.2. The zero-order valence-electron chi connectivity index (χ0n) is 21.3. The summed E-state index contributed by atoms with van der Waals surface area (Å²) < 4.78 is 11.0. The van der Waals surface area contributed by atoms with Gasteiger partial charge in [0.05, 0.1) is 5.60 Å². The number of carbonyl (C=O) groups excluding carboxylic acids is 2. The summed E-state index contributed by atoms with van der Waals surface area (Å²) >= 11 is 1.62. The van der Waals surface area contributed by atoms with Crippen molar-refractivity contribution in [2.75, 3.05) is 31.7 Å². The molecule has 4 rings (SSSR count). The minimum Gasteiger partial charge on any atom is -0.484 e. The number of benzene rings is 1. The summed E-state index contributed by atoms with van der Waals surface area (Å²) in [6.07, 6.45) is 6.94. The normalized spacial score (nSPS) is 22.7. The molecular weight excluding hydrogens is 480 g/mol. The number of ether oxygens (including phenoxy) is 1. The molecule has 1 saturated carbocycles. The van der Waals surface area contributed by atoms with Crippen LogP contribution in [0.2, 0.25) is 0 Å². The molecule has 0 bridgehead atoms. The number of nitrogens with one attached hydrogen (secondary N) is 1. The number of aliphatic hydroxyl groups is 1. The number of hydrogen-bond acceptors (Lipinski definition) is 7. The van der Waals surface area contributed by atoms with Gasteiger partial charge in [0.15, 0.2) is 6.61 Å². The van der Waals surface area contributed by atoms with Crippen LogP contribution < -0.4 is 15.7 Å². The Labute approximate surface area is 215 Å². The molecule has 1 aromatic carbocycles. The van der Waals surface area contributed by atoms with E-state index >= 15 is 0 Å². The summed E-state index contributed by atoms with van der Waals surface area (Å²) in [5.74, 6) is 0.764. The molecule has 36 heavy (non-hydrogen) atoms. The Bertz CT molecular complexity index is 1180. The van der Waals surface area contributed by atoms with Crippen molar-refractivity contribution in [2.45, 2.75) is 64.0 Å². The second-order valence-electron chi connectivity index (χ2n) is 10.1. The van der Waals surface area contributed by atoms with E-state index in [1.54, 1.807) is 36.9 Å². The first-order chi connectivity index (χ1) is 17.2. The molecule has 2 amide bonds. The Morgan fingerprint density at radius 2 is 2.08 bits per heavy atom. The van der Waals surface area contributed by atoms with E-state index in [9.17, 15) is 19.5 Å². The van der Waals surface area contributed by atoms with Crippen LogP contribution in [0.1, 0.15) is 49.7 Å². The monoisotopic (exact) mass is 516 g/mol. The zero-order chi connectivity index (χ0) is 25.9. The summed E-state index contributed by atoms with van der Waals surface area (Å²) in [5, 5.41) is 14.6. The molecule has 2 heterocycles. The first kappa shape index (κ1) is 26.5. The highest BCUT2D eigenvalue weighted by Gasteiger charge is 2.44. The highest BCUT2D eigenvalue weighted by Crippen LogP contribution is 2.40. The third kappa shape index (κ3) is 5.72. The number of aryl methyl sites for hydroxylation is 1. The van der Waals surface area contributed by atoms with Crippen LogP contribution in [0.25, 0.3) is 11.0 Å². The predicted octanol–water partition coefficient (Wildman–Crippen LogP) is 3.18. The molecule has 2 aromatic rings. The fraction of sp³-hybridized carbons (Fsp3) is 0.593. The fourth-order valence-electron chi connectivity index (χ4n) is 5.39. The second kappa shape index (κ2) is 11.3.